The summed E-state index contributed by atoms with van der Waals surface area (Å²) in [6, 6.07) is 7.76. The van der Waals surface area contributed by atoms with Gasteiger partial charge in [-0.15, -0.1) is 0 Å². The Labute approximate surface area is 164 Å². The summed E-state index contributed by atoms with van der Waals surface area (Å²) in [5.74, 6) is 0.493. The van der Waals surface area contributed by atoms with Gasteiger partial charge in [0.1, 0.15) is 17.5 Å². The molecule has 3 rings (SSSR count). The van der Waals surface area contributed by atoms with Crippen molar-refractivity contribution in [3.05, 3.63) is 53.7 Å². The maximum atomic E-state index is 14.0. The molecule has 0 amide bonds. The second-order valence-corrected chi connectivity index (χ2v) is 6.98. The number of nitrogens with one attached hydrogen (secondary N) is 2. The fourth-order valence-electron chi connectivity index (χ4n) is 3.37. The molecule has 1 saturated heterocycles. The Bertz CT molecular complexity index is 839. The van der Waals surface area contributed by atoms with Crippen molar-refractivity contribution in [2.75, 3.05) is 44.0 Å². The first-order chi connectivity index (χ1) is 13.5. The van der Waals surface area contributed by atoms with Crippen LogP contribution in [0.1, 0.15) is 12.0 Å². The number of benzene rings is 1. The summed E-state index contributed by atoms with van der Waals surface area (Å²) in [6.07, 6.45) is 2.61. The average molecular weight is 388 g/mol. The molecule has 6 nitrogen and oxygen atoms in total. The smallest absolute Gasteiger partial charge is 0.191 e. The third-order valence-corrected chi connectivity index (χ3v) is 4.74. The molecule has 1 aliphatic rings. The summed E-state index contributed by atoms with van der Waals surface area (Å²) in [4.78, 5) is 12.6. The summed E-state index contributed by atoms with van der Waals surface area (Å²) in [7, 11) is 5.64. The highest BCUT2D eigenvalue weighted by atomic mass is 19.1. The number of hydrogen-bond donors (Lipinski definition) is 2. The Hall–Kier alpha value is -2.90. The maximum Gasteiger partial charge on any atom is 0.191 e. The molecule has 1 fully saturated rings. The molecule has 1 aromatic carbocycles. The number of hydrogen-bond acceptors (Lipinski definition) is 4. The van der Waals surface area contributed by atoms with Gasteiger partial charge in [-0.25, -0.2) is 13.8 Å². The van der Waals surface area contributed by atoms with E-state index in [0.29, 0.717) is 31.3 Å². The van der Waals surface area contributed by atoms with Gasteiger partial charge in [0.2, 0.25) is 0 Å². The van der Waals surface area contributed by atoms with Gasteiger partial charge in [0.05, 0.1) is 5.69 Å². The van der Waals surface area contributed by atoms with Crippen LogP contribution in [0.2, 0.25) is 0 Å². The Morgan fingerprint density at radius 1 is 1.32 bits per heavy atom. The highest BCUT2D eigenvalue weighted by Crippen LogP contribution is 2.24. The zero-order chi connectivity index (χ0) is 20.1. The lowest BCUT2D eigenvalue weighted by Crippen LogP contribution is -2.44. The van der Waals surface area contributed by atoms with E-state index in [2.05, 4.69) is 20.6 Å². The molecule has 8 heteroatoms. The lowest BCUT2D eigenvalue weighted by atomic mass is 10.2. The van der Waals surface area contributed by atoms with Crippen molar-refractivity contribution >= 4 is 17.5 Å². The third kappa shape index (κ3) is 4.68. The second-order valence-electron chi connectivity index (χ2n) is 6.98. The molecule has 0 aliphatic carbocycles. The highest BCUT2D eigenvalue weighted by molar-refractivity contribution is 5.80. The Morgan fingerprint density at radius 3 is 2.86 bits per heavy atom. The van der Waals surface area contributed by atoms with E-state index >= 15 is 0 Å². The Balaban J connectivity index is 1.57. The molecule has 1 unspecified atom stereocenters. The van der Waals surface area contributed by atoms with Crippen molar-refractivity contribution in [3.8, 4) is 0 Å². The van der Waals surface area contributed by atoms with Crippen LogP contribution in [-0.2, 0) is 6.54 Å². The van der Waals surface area contributed by atoms with Crippen LogP contribution in [0.15, 0.2) is 41.5 Å². The third-order valence-electron chi connectivity index (χ3n) is 4.74. The maximum absolute atomic E-state index is 14.0. The molecule has 1 aliphatic heterocycles. The number of rotatable bonds is 5. The van der Waals surface area contributed by atoms with Gasteiger partial charge in [-0.2, -0.15) is 0 Å². The predicted molar refractivity (Wildman–Crippen MR) is 109 cm³/mol. The number of nitrogens with zero attached hydrogens (tertiary/aromatic N) is 4. The molecule has 2 aromatic rings. The SMILES string of the molecule is CN=C(NCc1cccnc1N(C)C)NC1CCN(c2ccc(F)cc2F)C1. The van der Waals surface area contributed by atoms with Gasteiger partial charge in [-0.3, -0.25) is 4.99 Å². The van der Waals surface area contributed by atoms with E-state index < -0.39 is 11.6 Å². The van der Waals surface area contributed by atoms with Crippen molar-refractivity contribution in [2.45, 2.75) is 19.0 Å². The number of halogens is 2. The van der Waals surface area contributed by atoms with Gasteiger partial charge in [-0.05, 0) is 24.6 Å². The van der Waals surface area contributed by atoms with E-state index in [9.17, 15) is 8.78 Å². The van der Waals surface area contributed by atoms with E-state index in [1.54, 1.807) is 13.2 Å². The van der Waals surface area contributed by atoms with Gasteiger partial charge in [0.15, 0.2) is 5.96 Å². The second kappa shape index (κ2) is 8.86. The summed E-state index contributed by atoms with van der Waals surface area (Å²) in [5.41, 5.74) is 1.50. The van der Waals surface area contributed by atoms with Gasteiger partial charge in [0.25, 0.3) is 0 Å². The minimum Gasteiger partial charge on any atom is -0.367 e. The summed E-state index contributed by atoms with van der Waals surface area (Å²) in [5, 5.41) is 6.69. The standard InChI is InChI=1S/C20H26F2N6/c1-23-20(25-12-14-5-4-9-24-19(14)27(2)3)26-16-8-10-28(13-16)18-7-6-15(21)11-17(18)22/h4-7,9,11,16H,8,10,12-13H2,1-3H3,(H2,23,25,26). The van der Waals surface area contributed by atoms with Crippen LogP contribution in [0.5, 0.6) is 0 Å². The molecule has 0 saturated carbocycles. The summed E-state index contributed by atoms with van der Waals surface area (Å²) in [6.45, 7) is 1.91. The van der Waals surface area contributed by atoms with Gasteiger partial charge in [-0.1, -0.05) is 6.07 Å². The number of pyridine rings is 1. The van der Waals surface area contributed by atoms with Crippen LogP contribution >= 0.6 is 0 Å². The van der Waals surface area contributed by atoms with Crippen LogP contribution in [-0.4, -0.2) is 51.2 Å². The van der Waals surface area contributed by atoms with E-state index in [1.807, 2.05) is 36.0 Å². The van der Waals surface area contributed by atoms with Gasteiger partial charge < -0.3 is 20.4 Å². The fourth-order valence-corrected chi connectivity index (χ4v) is 3.37. The lowest BCUT2D eigenvalue weighted by molar-refractivity contribution is 0.580. The Morgan fingerprint density at radius 2 is 2.14 bits per heavy atom. The van der Waals surface area contributed by atoms with Crippen molar-refractivity contribution in [3.63, 3.8) is 0 Å². The number of guanidine groups is 1. The van der Waals surface area contributed by atoms with E-state index in [0.717, 1.165) is 23.9 Å². The van der Waals surface area contributed by atoms with E-state index in [-0.39, 0.29) is 6.04 Å². The molecule has 0 bridgehead atoms. The first kappa shape index (κ1) is 19.9. The van der Waals surface area contributed by atoms with Crippen molar-refractivity contribution in [1.82, 2.24) is 15.6 Å². The minimum absolute atomic E-state index is 0.123. The largest absolute Gasteiger partial charge is 0.367 e. The van der Waals surface area contributed by atoms with Gasteiger partial charge in [0, 0.05) is 64.6 Å². The van der Waals surface area contributed by atoms with Crippen LogP contribution in [0.25, 0.3) is 0 Å². The number of anilines is 2. The van der Waals surface area contributed by atoms with Crippen molar-refractivity contribution in [2.24, 2.45) is 4.99 Å². The fraction of sp³-hybridized carbons (Fsp3) is 0.400. The van der Waals surface area contributed by atoms with Crippen LogP contribution < -0.4 is 20.4 Å². The highest BCUT2D eigenvalue weighted by Gasteiger charge is 2.25. The van der Waals surface area contributed by atoms with Crippen molar-refractivity contribution in [1.29, 1.82) is 0 Å². The van der Waals surface area contributed by atoms with E-state index in [1.165, 1.54) is 12.1 Å². The first-order valence-corrected chi connectivity index (χ1v) is 9.26. The molecular weight excluding hydrogens is 362 g/mol. The molecule has 2 N–H and O–H groups in total. The predicted octanol–water partition coefficient (Wildman–Crippen LogP) is 2.37. The first-order valence-electron chi connectivity index (χ1n) is 9.26. The number of aromatic nitrogens is 1. The monoisotopic (exact) mass is 388 g/mol. The van der Waals surface area contributed by atoms with Gasteiger partial charge >= 0.3 is 0 Å². The molecule has 1 atom stereocenters. The van der Waals surface area contributed by atoms with Crippen LogP contribution in [0.3, 0.4) is 0 Å². The topological polar surface area (TPSA) is 55.8 Å². The van der Waals surface area contributed by atoms with Crippen LogP contribution in [0, 0.1) is 11.6 Å². The summed E-state index contributed by atoms with van der Waals surface area (Å²) >= 11 is 0. The van der Waals surface area contributed by atoms with Crippen LogP contribution in [0.4, 0.5) is 20.3 Å². The molecule has 0 spiro atoms. The minimum atomic E-state index is -0.563. The normalized spacial score (nSPS) is 17.0. The zero-order valence-corrected chi connectivity index (χ0v) is 16.4. The lowest BCUT2D eigenvalue weighted by Gasteiger charge is -2.21. The van der Waals surface area contributed by atoms with E-state index in [4.69, 9.17) is 0 Å². The molecule has 150 valence electrons. The van der Waals surface area contributed by atoms with Crippen molar-refractivity contribution < 1.29 is 8.78 Å². The number of aliphatic imine (C=N–C) groups is 1. The average Bonchev–Trinajstić information content (AvgIpc) is 3.13. The molecular formula is C20H26F2N6. The Kier molecular flexibility index (Phi) is 6.28. The molecule has 28 heavy (non-hydrogen) atoms. The quantitative estimate of drug-likeness (QED) is 0.608. The molecule has 2 heterocycles. The molecule has 1 aromatic heterocycles. The summed E-state index contributed by atoms with van der Waals surface area (Å²) < 4.78 is 27.2. The zero-order valence-electron chi connectivity index (χ0n) is 16.4. The molecule has 0 radical (unpaired) electrons.